The Bertz CT molecular complexity index is 184. The molecule has 0 aromatic rings. The number of hydrogen-bond acceptors (Lipinski definition) is 2. The SMILES string of the molecule is C[Si](C)(C)N[Si](C)(C)C.C[Si](C)(C)N[Si](C)(C)C.[Li]. The molecule has 2 N–H and O–H groups in total. The summed E-state index contributed by atoms with van der Waals surface area (Å²) in [5.74, 6) is 0. The van der Waals surface area contributed by atoms with Gasteiger partial charge in [0.05, 0.1) is 0 Å². The van der Waals surface area contributed by atoms with Crippen molar-refractivity contribution in [3.63, 3.8) is 0 Å². The summed E-state index contributed by atoms with van der Waals surface area (Å²) >= 11 is 0. The van der Waals surface area contributed by atoms with E-state index in [4.69, 9.17) is 0 Å². The summed E-state index contributed by atoms with van der Waals surface area (Å²) in [5, 5.41) is 0. The molecule has 0 aliphatic rings. The van der Waals surface area contributed by atoms with Crippen LogP contribution < -0.4 is 9.30 Å². The Hall–Kier alpha value is 1.38. The van der Waals surface area contributed by atoms with E-state index in [9.17, 15) is 0 Å². The first kappa shape index (κ1) is 25.3. The van der Waals surface area contributed by atoms with Crippen LogP contribution in [0.3, 0.4) is 0 Å². The van der Waals surface area contributed by atoms with Gasteiger partial charge in [-0.15, -0.1) is 0 Å². The van der Waals surface area contributed by atoms with Gasteiger partial charge in [0.1, 0.15) is 32.9 Å². The Kier molecular flexibility index (Phi) is 11.7. The molecule has 19 heavy (non-hydrogen) atoms. The van der Waals surface area contributed by atoms with Crippen molar-refractivity contribution in [3.05, 3.63) is 0 Å². The minimum Gasteiger partial charge on any atom is -0.360 e. The Morgan fingerprint density at radius 3 is 0.474 bits per heavy atom. The molecule has 0 bridgehead atoms. The van der Waals surface area contributed by atoms with Crippen molar-refractivity contribution in [3.8, 4) is 0 Å². The molecule has 0 heterocycles. The number of rotatable bonds is 4. The van der Waals surface area contributed by atoms with Crippen LogP contribution >= 0.6 is 0 Å². The second-order valence-corrected chi connectivity index (χ2v) is 29.2. The number of hydrogen-bond donors (Lipinski definition) is 2. The first-order chi connectivity index (χ1) is 7.41. The summed E-state index contributed by atoms with van der Waals surface area (Å²) in [6, 6.07) is 0. The van der Waals surface area contributed by atoms with Gasteiger partial charge in [-0.2, -0.15) is 0 Å². The number of nitrogens with one attached hydrogen (secondary N) is 2. The fourth-order valence-electron chi connectivity index (χ4n) is 2.25. The van der Waals surface area contributed by atoms with Gasteiger partial charge in [0.2, 0.25) is 0 Å². The van der Waals surface area contributed by atoms with Crippen molar-refractivity contribution in [2.45, 2.75) is 78.6 Å². The molecule has 0 unspecified atom stereocenters. The maximum atomic E-state index is 3.74. The fourth-order valence-corrected chi connectivity index (χ4v) is 20.2. The van der Waals surface area contributed by atoms with Gasteiger partial charge >= 0.3 is 0 Å². The zero-order valence-electron chi connectivity index (χ0n) is 16.0. The van der Waals surface area contributed by atoms with Crippen LogP contribution in [0.4, 0.5) is 0 Å². The third kappa shape index (κ3) is 32.7. The van der Waals surface area contributed by atoms with Crippen molar-refractivity contribution in [2.24, 2.45) is 0 Å². The van der Waals surface area contributed by atoms with Crippen LogP contribution in [0.1, 0.15) is 0 Å². The molecule has 0 atom stereocenters. The standard InChI is InChI=1S/2C6H19NSi2.Li/c2*1-8(2,3)7-9(4,5)6;/h2*7H,1-6H3;. The predicted octanol–water partition coefficient (Wildman–Crippen LogP) is 4.11. The fraction of sp³-hybridized carbons (Fsp3) is 1.00. The Morgan fingerprint density at radius 1 is 0.368 bits per heavy atom. The summed E-state index contributed by atoms with van der Waals surface area (Å²) in [6.07, 6.45) is 0. The van der Waals surface area contributed by atoms with Gasteiger partial charge in [0.15, 0.2) is 0 Å². The Balaban J connectivity index is -0.000000256. The van der Waals surface area contributed by atoms with E-state index in [1.165, 1.54) is 0 Å². The van der Waals surface area contributed by atoms with Crippen molar-refractivity contribution >= 4 is 51.8 Å². The molecule has 7 heteroatoms. The van der Waals surface area contributed by atoms with Crippen LogP contribution in [0.15, 0.2) is 0 Å². The zero-order chi connectivity index (χ0) is 15.4. The van der Waals surface area contributed by atoms with Crippen molar-refractivity contribution in [2.75, 3.05) is 0 Å². The van der Waals surface area contributed by atoms with Crippen LogP contribution in [0.25, 0.3) is 0 Å². The van der Waals surface area contributed by atoms with E-state index in [2.05, 4.69) is 87.9 Å². The van der Waals surface area contributed by atoms with Gasteiger partial charge in [0, 0.05) is 18.9 Å². The molecular formula is C12H38LiN2Si4. The summed E-state index contributed by atoms with van der Waals surface area (Å²) in [7, 11) is -3.92. The molecule has 0 aromatic carbocycles. The van der Waals surface area contributed by atoms with Crippen LogP contribution in [-0.2, 0) is 0 Å². The van der Waals surface area contributed by atoms with Gasteiger partial charge in [0.25, 0.3) is 0 Å². The molecule has 0 aliphatic heterocycles. The van der Waals surface area contributed by atoms with E-state index >= 15 is 0 Å². The van der Waals surface area contributed by atoms with E-state index in [-0.39, 0.29) is 18.9 Å². The van der Waals surface area contributed by atoms with Gasteiger partial charge in [-0.1, -0.05) is 78.6 Å². The maximum absolute atomic E-state index is 3.74. The molecule has 0 aliphatic carbocycles. The molecule has 0 saturated heterocycles. The first-order valence-corrected chi connectivity index (χ1v) is 21.0. The minimum atomic E-state index is -0.981. The average molecular weight is 330 g/mol. The smallest absolute Gasteiger partial charge is 0.109 e. The maximum Gasteiger partial charge on any atom is 0.109 e. The minimum absolute atomic E-state index is 0. The van der Waals surface area contributed by atoms with E-state index < -0.39 is 32.9 Å². The van der Waals surface area contributed by atoms with Crippen molar-refractivity contribution < 1.29 is 0 Å². The van der Waals surface area contributed by atoms with Gasteiger partial charge < -0.3 is 9.30 Å². The molecule has 0 fully saturated rings. The summed E-state index contributed by atoms with van der Waals surface area (Å²) in [6.45, 7) is 28.2. The largest absolute Gasteiger partial charge is 0.360 e. The first-order valence-electron chi connectivity index (χ1n) is 7.00. The molecule has 0 spiro atoms. The molecule has 113 valence electrons. The second kappa shape index (κ2) is 8.74. The predicted molar refractivity (Wildman–Crippen MR) is 105 cm³/mol. The van der Waals surface area contributed by atoms with Crippen molar-refractivity contribution in [1.29, 1.82) is 0 Å². The Labute approximate surface area is 139 Å². The third-order valence-electron chi connectivity index (χ3n) is 1.50. The van der Waals surface area contributed by atoms with Gasteiger partial charge in [-0.3, -0.25) is 0 Å². The average Bonchev–Trinajstić information content (AvgIpc) is 1.64. The van der Waals surface area contributed by atoms with E-state index in [1.54, 1.807) is 0 Å². The van der Waals surface area contributed by atoms with Crippen LogP contribution in [0, 0.1) is 0 Å². The monoisotopic (exact) mass is 329 g/mol. The molecule has 0 saturated carbocycles. The van der Waals surface area contributed by atoms with Crippen LogP contribution in [0.2, 0.25) is 78.6 Å². The summed E-state index contributed by atoms with van der Waals surface area (Å²) in [4.78, 5) is 0. The van der Waals surface area contributed by atoms with E-state index in [0.717, 1.165) is 0 Å². The van der Waals surface area contributed by atoms with Crippen LogP contribution in [-0.4, -0.2) is 51.8 Å². The quantitative estimate of drug-likeness (QED) is 0.758. The third-order valence-corrected chi connectivity index (χ3v) is 13.5. The molecule has 0 aromatic heterocycles. The molecule has 2 nitrogen and oxygen atoms in total. The molecule has 0 amide bonds. The van der Waals surface area contributed by atoms with E-state index in [0.29, 0.717) is 0 Å². The normalized spacial score (nSPS) is 13.3. The van der Waals surface area contributed by atoms with Gasteiger partial charge in [-0.25, -0.2) is 0 Å². The summed E-state index contributed by atoms with van der Waals surface area (Å²) < 4.78 is 7.47. The van der Waals surface area contributed by atoms with E-state index in [1.807, 2.05) is 0 Å². The summed E-state index contributed by atoms with van der Waals surface area (Å²) in [5.41, 5.74) is 0. The molecule has 0 rings (SSSR count). The molecule has 1 radical (unpaired) electrons. The Morgan fingerprint density at radius 2 is 0.474 bits per heavy atom. The van der Waals surface area contributed by atoms with Crippen LogP contribution in [0.5, 0.6) is 0 Å². The van der Waals surface area contributed by atoms with Gasteiger partial charge in [-0.05, 0) is 0 Å². The topological polar surface area (TPSA) is 24.1 Å². The second-order valence-electron chi connectivity index (χ2n) is 9.25. The zero-order valence-corrected chi connectivity index (χ0v) is 20.0. The van der Waals surface area contributed by atoms with Crippen molar-refractivity contribution in [1.82, 2.24) is 9.30 Å². The molecular weight excluding hydrogens is 291 g/mol.